The molecular formula is C15H13NO. The first-order valence-electron chi connectivity index (χ1n) is 5.73. The van der Waals surface area contributed by atoms with E-state index in [9.17, 15) is 4.79 Å². The maximum atomic E-state index is 11.2. The number of hydrogen-bond donors (Lipinski definition) is 1. The van der Waals surface area contributed by atoms with Crippen molar-refractivity contribution < 1.29 is 4.79 Å². The molecule has 84 valence electrons. The molecule has 2 heteroatoms. The van der Waals surface area contributed by atoms with Crippen molar-refractivity contribution in [2.75, 3.05) is 5.32 Å². The first-order chi connectivity index (χ1) is 8.25. The highest BCUT2D eigenvalue weighted by atomic mass is 16.1. The number of benzene rings is 2. The van der Waals surface area contributed by atoms with E-state index in [4.69, 9.17) is 0 Å². The van der Waals surface area contributed by atoms with E-state index in [1.54, 1.807) is 6.92 Å². The summed E-state index contributed by atoms with van der Waals surface area (Å²) in [7, 11) is 0. The van der Waals surface area contributed by atoms with Crippen LogP contribution >= 0.6 is 0 Å². The van der Waals surface area contributed by atoms with Crippen molar-refractivity contribution in [3.05, 3.63) is 53.6 Å². The molecule has 1 aliphatic carbocycles. The lowest BCUT2D eigenvalue weighted by Crippen LogP contribution is -2.06. The molecule has 17 heavy (non-hydrogen) atoms. The second-order valence-electron chi connectivity index (χ2n) is 4.35. The fourth-order valence-corrected chi connectivity index (χ4v) is 2.48. The van der Waals surface area contributed by atoms with Crippen molar-refractivity contribution in [2.24, 2.45) is 0 Å². The zero-order valence-electron chi connectivity index (χ0n) is 9.66. The van der Waals surface area contributed by atoms with Crippen LogP contribution in [0, 0.1) is 0 Å². The lowest BCUT2D eigenvalue weighted by molar-refractivity contribution is -0.114. The zero-order valence-corrected chi connectivity index (χ0v) is 9.66. The molecule has 3 rings (SSSR count). The molecule has 0 bridgehead atoms. The van der Waals surface area contributed by atoms with E-state index in [0.29, 0.717) is 0 Å². The van der Waals surface area contributed by atoms with Gasteiger partial charge < -0.3 is 5.32 Å². The minimum atomic E-state index is -0.0252. The summed E-state index contributed by atoms with van der Waals surface area (Å²) < 4.78 is 0. The quantitative estimate of drug-likeness (QED) is 0.674. The van der Waals surface area contributed by atoms with Crippen LogP contribution in [-0.4, -0.2) is 5.91 Å². The van der Waals surface area contributed by atoms with Gasteiger partial charge >= 0.3 is 0 Å². The Labute approximate surface area is 100 Å². The molecule has 0 radical (unpaired) electrons. The third-order valence-corrected chi connectivity index (χ3v) is 3.13. The Kier molecular flexibility index (Phi) is 2.22. The Bertz CT molecular complexity index is 602. The van der Waals surface area contributed by atoms with Gasteiger partial charge in [-0.25, -0.2) is 0 Å². The highest BCUT2D eigenvalue weighted by molar-refractivity contribution is 5.96. The van der Waals surface area contributed by atoms with E-state index in [1.165, 1.54) is 22.3 Å². The van der Waals surface area contributed by atoms with Gasteiger partial charge in [0.25, 0.3) is 0 Å². The first kappa shape index (κ1) is 10.1. The Morgan fingerprint density at radius 1 is 1.06 bits per heavy atom. The number of rotatable bonds is 1. The number of carbonyl (C=O) groups is 1. The van der Waals surface area contributed by atoms with Gasteiger partial charge in [-0.1, -0.05) is 36.4 Å². The monoisotopic (exact) mass is 223 g/mol. The predicted molar refractivity (Wildman–Crippen MR) is 69.0 cm³/mol. The average Bonchev–Trinajstić information content (AvgIpc) is 2.67. The summed E-state index contributed by atoms with van der Waals surface area (Å²) >= 11 is 0. The van der Waals surface area contributed by atoms with Gasteiger partial charge in [-0.05, 0) is 29.2 Å². The molecule has 0 heterocycles. The van der Waals surface area contributed by atoms with Gasteiger partial charge in [0.15, 0.2) is 0 Å². The second-order valence-corrected chi connectivity index (χ2v) is 4.35. The molecule has 1 N–H and O–H groups in total. The Hall–Kier alpha value is -2.09. The average molecular weight is 223 g/mol. The molecule has 2 aromatic carbocycles. The molecule has 0 saturated carbocycles. The van der Waals surface area contributed by atoms with Crippen molar-refractivity contribution in [1.29, 1.82) is 0 Å². The first-order valence-corrected chi connectivity index (χ1v) is 5.73. The Morgan fingerprint density at radius 2 is 1.82 bits per heavy atom. The Balaban J connectivity index is 2.19. The zero-order chi connectivity index (χ0) is 11.8. The fraction of sp³-hybridized carbons (Fsp3) is 0.133. The minimum absolute atomic E-state index is 0.0252. The fourth-order valence-electron chi connectivity index (χ4n) is 2.48. The summed E-state index contributed by atoms with van der Waals surface area (Å²) in [5.74, 6) is -0.0252. The number of nitrogens with one attached hydrogen (secondary N) is 1. The van der Waals surface area contributed by atoms with Crippen molar-refractivity contribution in [3.8, 4) is 11.1 Å². The normalized spacial score (nSPS) is 11.8. The van der Waals surface area contributed by atoms with Crippen LogP contribution < -0.4 is 5.32 Å². The third kappa shape index (κ3) is 1.62. The molecule has 1 aliphatic rings. The van der Waals surface area contributed by atoms with Crippen LogP contribution in [-0.2, 0) is 11.2 Å². The van der Waals surface area contributed by atoms with E-state index in [2.05, 4.69) is 29.6 Å². The standard InChI is InChI=1S/C15H13NO/c1-10(17)16-14-8-4-6-12-9-11-5-2-3-7-13(11)15(12)14/h2-8H,9H2,1H3,(H,16,17). The Morgan fingerprint density at radius 3 is 2.65 bits per heavy atom. The number of carbonyl (C=O) groups excluding carboxylic acids is 1. The van der Waals surface area contributed by atoms with Crippen LogP contribution in [0.15, 0.2) is 42.5 Å². The van der Waals surface area contributed by atoms with Gasteiger partial charge in [0, 0.05) is 18.2 Å². The van der Waals surface area contributed by atoms with Crippen molar-refractivity contribution in [2.45, 2.75) is 13.3 Å². The maximum Gasteiger partial charge on any atom is 0.221 e. The molecule has 0 spiro atoms. The number of anilines is 1. The molecule has 1 amide bonds. The van der Waals surface area contributed by atoms with E-state index in [1.807, 2.05) is 18.2 Å². The van der Waals surface area contributed by atoms with E-state index < -0.39 is 0 Å². The largest absolute Gasteiger partial charge is 0.326 e. The molecule has 0 saturated heterocycles. The van der Waals surface area contributed by atoms with Crippen LogP contribution in [0.4, 0.5) is 5.69 Å². The summed E-state index contributed by atoms with van der Waals surface area (Å²) in [6.45, 7) is 1.54. The maximum absolute atomic E-state index is 11.2. The van der Waals surface area contributed by atoms with Gasteiger partial charge in [-0.3, -0.25) is 4.79 Å². The lowest BCUT2D eigenvalue weighted by Gasteiger charge is -2.09. The number of fused-ring (bicyclic) bond motifs is 3. The minimum Gasteiger partial charge on any atom is -0.326 e. The van der Waals surface area contributed by atoms with Gasteiger partial charge in [0.2, 0.25) is 5.91 Å². The van der Waals surface area contributed by atoms with Gasteiger partial charge in [-0.15, -0.1) is 0 Å². The summed E-state index contributed by atoms with van der Waals surface area (Å²) in [6, 6.07) is 14.4. The lowest BCUT2D eigenvalue weighted by atomic mass is 10.0. The van der Waals surface area contributed by atoms with Gasteiger partial charge in [0.1, 0.15) is 0 Å². The molecule has 0 atom stereocenters. The highest BCUT2D eigenvalue weighted by Gasteiger charge is 2.20. The van der Waals surface area contributed by atoms with E-state index in [-0.39, 0.29) is 5.91 Å². The van der Waals surface area contributed by atoms with Crippen LogP contribution in [0.25, 0.3) is 11.1 Å². The predicted octanol–water partition coefficient (Wildman–Crippen LogP) is 3.22. The van der Waals surface area contributed by atoms with Crippen molar-refractivity contribution >= 4 is 11.6 Å². The summed E-state index contributed by atoms with van der Waals surface area (Å²) in [6.07, 6.45) is 0.957. The van der Waals surface area contributed by atoms with Crippen LogP contribution in [0.1, 0.15) is 18.1 Å². The smallest absolute Gasteiger partial charge is 0.221 e. The summed E-state index contributed by atoms with van der Waals surface area (Å²) in [4.78, 5) is 11.2. The molecular weight excluding hydrogens is 210 g/mol. The van der Waals surface area contributed by atoms with Crippen LogP contribution in [0.3, 0.4) is 0 Å². The van der Waals surface area contributed by atoms with E-state index in [0.717, 1.165) is 12.1 Å². The molecule has 2 aromatic rings. The number of amides is 1. The van der Waals surface area contributed by atoms with Crippen LogP contribution in [0.5, 0.6) is 0 Å². The third-order valence-electron chi connectivity index (χ3n) is 3.13. The summed E-state index contributed by atoms with van der Waals surface area (Å²) in [5, 5.41) is 2.91. The summed E-state index contributed by atoms with van der Waals surface area (Å²) in [5.41, 5.74) is 5.96. The van der Waals surface area contributed by atoms with Crippen molar-refractivity contribution in [3.63, 3.8) is 0 Å². The van der Waals surface area contributed by atoms with E-state index >= 15 is 0 Å². The highest BCUT2D eigenvalue weighted by Crippen LogP contribution is 2.41. The van der Waals surface area contributed by atoms with Crippen LogP contribution in [0.2, 0.25) is 0 Å². The SMILES string of the molecule is CC(=O)Nc1cccc2c1-c1ccccc1C2. The topological polar surface area (TPSA) is 29.1 Å². The second kappa shape index (κ2) is 3.74. The molecule has 0 unspecified atom stereocenters. The molecule has 2 nitrogen and oxygen atoms in total. The van der Waals surface area contributed by atoms with Crippen molar-refractivity contribution in [1.82, 2.24) is 0 Å². The molecule has 0 aliphatic heterocycles. The molecule has 0 aromatic heterocycles. The van der Waals surface area contributed by atoms with Gasteiger partial charge in [0.05, 0.1) is 0 Å². The number of hydrogen-bond acceptors (Lipinski definition) is 1. The molecule has 0 fully saturated rings. The van der Waals surface area contributed by atoms with Gasteiger partial charge in [-0.2, -0.15) is 0 Å².